The predicted octanol–water partition coefficient (Wildman–Crippen LogP) is 2.77. The maximum atomic E-state index is 12.8. The van der Waals surface area contributed by atoms with E-state index in [1.165, 1.54) is 0 Å². The predicted molar refractivity (Wildman–Crippen MR) is 104 cm³/mol. The average molecular weight is 383 g/mol. The number of esters is 2. The number of amides is 2. The van der Waals surface area contributed by atoms with Gasteiger partial charge >= 0.3 is 18.0 Å². The number of anilines is 2. The quantitative estimate of drug-likeness (QED) is 0.262. The molecule has 28 heavy (non-hydrogen) atoms. The monoisotopic (exact) mass is 383 g/mol. The van der Waals surface area contributed by atoms with Crippen molar-refractivity contribution in [3.05, 3.63) is 71.9 Å². The highest BCUT2D eigenvalue weighted by Gasteiger charge is 2.22. The number of aryl methyl sites for hydroxylation is 1. The first-order valence-corrected chi connectivity index (χ1v) is 8.32. The maximum absolute atomic E-state index is 12.8. The topological polar surface area (TPSA) is 97.0 Å². The Labute approximate surface area is 162 Å². The number of carbonyl (C=O) groups excluding carboxylic acids is 3. The molecule has 0 saturated heterocycles. The van der Waals surface area contributed by atoms with Crippen LogP contribution in [0.2, 0.25) is 0 Å². The van der Waals surface area contributed by atoms with Crippen LogP contribution < -0.4 is 15.8 Å². The molecule has 0 bridgehead atoms. The molecule has 2 N–H and O–H groups in total. The van der Waals surface area contributed by atoms with Crippen molar-refractivity contribution in [1.82, 2.24) is 5.43 Å². The van der Waals surface area contributed by atoms with Gasteiger partial charge in [-0.3, -0.25) is 5.43 Å². The van der Waals surface area contributed by atoms with Gasteiger partial charge in [-0.05, 0) is 31.2 Å². The fourth-order valence-corrected chi connectivity index (χ4v) is 2.19. The lowest BCUT2D eigenvalue weighted by Gasteiger charge is -2.23. The molecular formula is C20H21N3O5. The molecule has 0 unspecified atom stereocenters. The summed E-state index contributed by atoms with van der Waals surface area (Å²) in [7, 11) is 2.27. The number of para-hydroxylation sites is 1. The number of hydrazine groups is 1. The second kappa shape index (κ2) is 9.77. The van der Waals surface area contributed by atoms with Crippen molar-refractivity contribution in [1.29, 1.82) is 0 Å². The van der Waals surface area contributed by atoms with Gasteiger partial charge in [0.05, 0.1) is 19.9 Å². The van der Waals surface area contributed by atoms with Crippen molar-refractivity contribution in [3.63, 3.8) is 0 Å². The number of nitrogens with one attached hydrogen (secondary N) is 2. The van der Waals surface area contributed by atoms with E-state index < -0.39 is 23.5 Å². The molecule has 0 aromatic heterocycles. The van der Waals surface area contributed by atoms with Gasteiger partial charge in [0.2, 0.25) is 0 Å². The first kappa shape index (κ1) is 20.5. The van der Waals surface area contributed by atoms with E-state index in [2.05, 4.69) is 20.2 Å². The SMILES string of the molecule is COC(=O)C(=CNN(C(=O)Nc1ccc(C)cc1)c1ccccc1)C(=O)OC. The van der Waals surface area contributed by atoms with Crippen LogP contribution in [-0.2, 0) is 19.1 Å². The van der Waals surface area contributed by atoms with Crippen molar-refractivity contribution in [3.8, 4) is 0 Å². The van der Waals surface area contributed by atoms with Gasteiger partial charge in [0.1, 0.15) is 0 Å². The summed E-state index contributed by atoms with van der Waals surface area (Å²) in [5, 5.41) is 3.89. The van der Waals surface area contributed by atoms with Gasteiger partial charge < -0.3 is 14.8 Å². The highest BCUT2D eigenvalue weighted by Crippen LogP contribution is 2.15. The summed E-state index contributed by atoms with van der Waals surface area (Å²) >= 11 is 0. The molecular weight excluding hydrogens is 362 g/mol. The van der Waals surface area contributed by atoms with Gasteiger partial charge in [0.15, 0.2) is 5.57 Å². The van der Waals surface area contributed by atoms with Crippen LogP contribution >= 0.6 is 0 Å². The Balaban J connectivity index is 2.30. The molecule has 0 aliphatic carbocycles. The second-order valence-corrected chi connectivity index (χ2v) is 5.64. The Hall–Kier alpha value is -3.81. The molecule has 0 aliphatic rings. The number of hydrogen-bond donors (Lipinski definition) is 2. The summed E-state index contributed by atoms with van der Waals surface area (Å²) in [6.45, 7) is 1.94. The minimum Gasteiger partial charge on any atom is -0.465 e. The van der Waals surface area contributed by atoms with Crippen LogP contribution in [0.25, 0.3) is 0 Å². The first-order chi connectivity index (χ1) is 13.5. The van der Waals surface area contributed by atoms with Gasteiger partial charge in [0.25, 0.3) is 0 Å². The molecule has 2 amide bonds. The normalized spacial score (nSPS) is 9.68. The number of benzene rings is 2. The summed E-state index contributed by atoms with van der Waals surface area (Å²) in [6, 6.07) is 15.4. The molecule has 8 nitrogen and oxygen atoms in total. The Kier molecular flexibility index (Phi) is 7.15. The molecule has 2 rings (SSSR count). The van der Waals surface area contributed by atoms with Crippen LogP contribution in [0.4, 0.5) is 16.2 Å². The number of nitrogens with zero attached hydrogens (tertiary/aromatic N) is 1. The molecule has 0 atom stereocenters. The number of carbonyl (C=O) groups is 3. The number of urea groups is 1. The zero-order chi connectivity index (χ0) is 20.5. The van der Waals surface area contributed by atoms with E-state index in [-0.39, 0.29) is 0 Å². The fourth-order valence-electron chi connectivity index (χ4n) is 2.19. The molecule has 8 heteroatoms. The third-order valence-electron chi connectivity index (χ3n) is 3.67. The molecule has 0 saturated carbocycles. The first-order valence-electron chi connectivity index (χ1n) is 8.32. The largest absolute Gasteiger partial charge is 0.465 e. The lowest BCUT2D eigenvalue weighted by atomic mass is 10.2. The lowest BCUT2D eigenvalue weighted by molar-refractivity contribution is -0.144. The van der Waals surface area contributed by atoms with Crippen molar-refractivity contribution < 1.29 is 23.9 Å². The minimum atomic E-state index is -0.897. The third kappa shape index (κ3) is 5.34. The molecule has 2 aromatic rings. The molecule has 2 aromatic carbocycles. The standard InChI is InChI=1S/C20H21N3O5/c1-14-9-11-15(12-10-14)22-20(26)23(16-7-5-4-6-8-16)21-13-17(18(24)27-2)19(25)28-3/h4-13,21H,1-3H3,(H,22,26). The Morgan fingerprint density at radius 2 is 1.46 bits per heavy atom. The highest BCUT2D eigenvalue weighted by molar-refractivity contribution is 6.14. The molecule has 0 radical (unpaired) electrons. The number of methoxy groups -OCH3 is 2. The zero-order valence-electron chi connectivity index (χ0n) is 15.8. The van der Waals surface area contributed by atoms with E-state index in [4.69, 9.17) is 0 Å². The summed E-state index contributed by atoms with van der Waals surface area (Å²) in [5.74, 6) is -1.79. The molecule has 0 spiro atoms. The van der Waals surface area contributed by atoms with E-state index in [1.54, 1.807) is 42.5 Å². The fraction of sp³-hybridized carbons (Fsp3) is 0.150. The van der Waals surface area contributed by atoms with Gasteiger partial charge in [0, 0.05) is 11.9 Å². The van der Waals surface area contributed by atoms with Crippen LogP contribution in [0, 0.1) is 6.92 Å². The Morgan fingerprint density at radius 3 is 2.00 bits per heavy atom. The summed E-state index contributed by atoms with van der Waals surface area (Å²) in [5.41, 5.74) is 4.39. The third-order valence-corrected chi connectivity index (χ3v) is 3.67. The van der Waals surface area contributed by atoms with E-state index in [0.29, 0.717) is 11.4 Å². The average Bonchev–Trinajstić information content (AvgIpc) is 2.72. The van der Waals surface area contributed by atoms with E-state index in [1.807, 2.05) is 19.1 Å². The van der Waals surface area contributed by atoms with Gasteiger partial charge in [-0.15, -0.1) is 0 Å². The van der Waals surface area contributed by atoms with Crippen LogP contribution in [0.1, 0.15) is 5.56 Å². The van der Waals surface area contributed by atoms with Gasteiger partial charge in [-0.25, -0.2) is 19.4 Å². The van der Waals surface area contributed by atoms with E-state index in [0.717, 1.165) is 31.0 Å². The Bertz CT molecular complexity index is 845. The van der Waals surface area contributed by atoms with Crippen LogP contribution in [0.15, 0.2) is 66.4 Å². The Morgan fingerprint density at radius 1 is 0.893 bits per heavy atom. The van der Waals surface area contributed by atoms with Crippen LogP contribution in [0.3, 0.4) is 0 Å². The smallest absolute Gasteiger partial charge is 0.346 e. The second-order valence-electron chi connectivity index (χ2n) is 5.64. The number of hydrogen-bond acceptors (Lipinski definition) is 6. The van der Waals surface area contributed by atoms with Crippen molar-refractivity contribution in [2.45, 2.75) is 6.92 Å². The maximum Gasteiger partial charge on any atom is 0.346 e. The highest BCUT2D eigenvalue weighted by atomic mass is 16.5. The lowest BCUT2D eigenvalue weighted by Crippen LogP contribution is -2.43. The van der Waals surface area contributed by atoms with Gasteiger partial charge in [-0.2, -0.15) is 0 Å². The van der Waals surface area contributed by atoms with Crippen LogP contribution in [-0.4, -0.2) is 32.2 Å². The molecule has 0 aliphatic heterocycles. The number of rotatable bonds is 6. The van der Waals surface area contributed by atoms with Crippen molar-refractivity contribution in [2.75, 3.05) is 24.5 Å². The summed E-state index contributed by atoms with van der Waals surface area (Å²) < 4.78 is 9.15. The summed E-state index contributed by atoms with van der Waals surface area (Å²) in [6.07, 6.45) is 1.05. The zero-order valence-corrected chi connectivity index (χ0v) is 15.8. The molecule has 0 heterocycles. The van der Waals surface area contributed by atoms with Crippen molar-refractivity contribution >= 4 is 29.3 Å². The van der Waals surface area contributed by atoms with E-state index >= 15 is 0 Å². The van der Waals surface area contributed by atoms with Crippen LogP contribution in [0.5, 0.6) is 0 Å². The summed E-state index contributed by atoms with van der Waals surface area (Å²) in [4.78, 5) is 36.4. The van der Waals surface area contributed by atoms with E-state index in [9.17, 15) is 14.4 Å². The molecule has 146 valence electrons. The molecule has 0 fully saturated rings. The minimum absolute atomic E-state index is 0.394. The van der Waals surface area contributed by atoms with Gasteiger partial charge in [-0.1, -0.05) is 35.9 Å². The van der Waals surface area contributed by atoms with Crippen molar-refractivity contribution in [2.24, 2.45) is 0 Å². The number of ether oxygens (including phenoxy) is 2.